The SMILES string of the molecule is CCCn1c(N)c(N(CCOC)C(=S)NC[C@H]2CCCO2)c(=O)[nH]c1=O. The molecule has 0 amide bonds. The third-order valence-corrected chi connectivity index (χ3v) is 4.57. The van der Waals surface area contributed by atoms with Gasteiger partial charge in [-0.05, 0) is 31.5 Å². The largest absolute Gasteiger partial charge is 0.383 e. The normalized spacial score (nSPS) is 16.6. The predicted molar refractivity (Wildman–Crippen MR) is 105 cm³/mol. The van der Waals surface area contributed by atoms with Crippen LogP contribution in [0.15, 0.2) is 9.59 Å². The van der Waals surface area contributed by atoms with Crippen LogP contribution in [0, 0.1) is 0 Å². The molecule has 10 heteroatoms. The van der Waals surface area contributed by atoms with Crippen molar-refractivity contribution in [2.45, 2.75) is 38.8 Å². The first kappa shape index (κ1) is 20.4. The van der Waals surface area contributed by atoms with Gasteiger partial charge in [-0.15, -0.1) is 0 Å². The second kappa shape index (κ2) is 9.70. The fraction of sp³-hybridized carbons (Fsp3) is 0.688. The van der Waals surface area contributed by atoms with E-state index in [-0.39, 0.29) is 17.6 Å². The molecule has 0 bridgehead atoms. The summed E-state index contributed by atoms with van der Waals surface area (Å²) < 4.78 is 12.1. The van der Waals surface area contributed by atoms with E-state index in [1.165, 1.54) is 4.57 Å². The molecule has 1 aliphatic rings. The number of nitrogens with zero attached hydrogens (tertiary/aromatic N) is 2. The summed E-state index contributed by atoms with van der Waals surface area (Å²) >= 11 is 5.47. The van der Waals surface area contributed by atoms with Gasteiger partial charge in [0.1, 0.15) is 5.82 Å². The lowest BCUT2D eigenvalue weighted by Gasteiger charge is -2.27. The molecule has 0 aromatic carbocycles. The number of anilines is 2. The fourth-order valence-corrected chi connectivity index (χ4v) is 3.15. The monoisotopic (exact) mass is 385 g/mol. The zero-order valence-electron chi connectivity index (χ0n) is 15.2. The van der Waals surface area contributed by atoms with Gasteiger partial charge in [0.15, 0.2) is 10.8 Å². The molecule has 0 unspecified atom stereocenters. The van der Waals surface area contributed by atoms with Crippen molar-refractivity contribution in [3.63, 3.8) is 0 Å². The molecule has 0 spiro atoms. The number of ether oxygens (including phenoxy) is 2. The quantitative estimate of drug-likeness (QED) is 0.537. The molecule has 2 heterocycles. The van der Waals surface area contributed by atoms with E-state index >= 15 is 0 Å². The van der Waals surface area contributed by atoms with Gasteiger partial charge >= 0.3 is 5.69 Å². The molecule has 0 saturated carbocycles. The van der Waals surface area contributed by atoms with Crippen molar-refractivity contribution in [3.8, 4) is 0 Å². The van der Waals surface area contributed by atoms with Crippen molar-refractivity contribution in [2.75, 3.05) is 44.0 Å². The Morgan fingerprint density at radius 2 is 2.31 bits per heavy atom. The van der Waals surface area contributed by atoms with E-state index in [0.717, 1.165) is 19.4 Å². The number of rotatable bonds is 8. The molecule has 9 nitrogen and oxygen atoms in total. The van der Waals surface area contributed by atoms with Crippen molar-refractivity contribution in [3.05, 3.63) is 20.8 Å². The van der Waals surface area contributed by atoms with Crippen LogP contribution >= 0.6 is 12.2 Å². The average molecular weight is 385 g/mol. The first-order valence-corrected chi connectivity index (χ1v) is 9.18. The molecule has 0 aliphatic carbocycles. The minimum atomic E-state index is -0.572. The maximum absolute atomic E-state index is 12.4. The van der Waals surface area contributed by atoms with Gasteiger partial charge in [0.25, 0.3) is 5.56 Å². The second-order valence-corrected chi connectivity index (χ2v) is 6.50. The van der Waals surface area contributed by atoms with E-state index in [2.05, 4.69) is 10.3 Å². The molecule has 0 radical (unpaired) electrons. The minimum absolute atomic E-state index is 0.0953. The Hall–Kier alpha value is -1.91. The van der Waals surface area contributed by atoms with Crippen LogP contribution in [0.5, 0.6) is 0 Å². The molecule has 1 atom stereocenters. The van der Waals surface area contributed by atoms with E-state index in [4.69, 9.17) is 27.4 Å². The van der Waals surface area contributed by atoms with Crippen LogP contribution < -0.4 is 27.2 Å². The summed E-state index contributed by atoms with van der Waals surface area (Å²) in [6, 6.07) is 0. The number of hydrogen-bond acceptors (Lipinski definition) is 6. The van der Waals surface area contributed by atoms with Crippen LogP contribution in [-0.4, -0.2) is 54.2 Å². The molecule has 4 N–H and O–H groups in total. The highest BCUT2D eigenvalue weighted by molar-refractivity contribution is 7.80. The second-order valence-electron chi connectivity index (χ2n) is 6.11. The zero-order chi connectivity index (χ0) is 19.1. The highest BCUT2D eigenvalue weighted by atomic mass is 32.1. The van der Waals surface area contributed by atoms with Crippen LogP contribution in [0.4, 0.5) is 11.5 Å². The number of nitrogen functional groups attached to an aromatic ring is 1. The molecule has 1 aromatic heterocycles. The molecular weight excluding hydrogens is 358 g/mol. The minimum Gasteiger partial charge on any atom is -0.383 e. The van der Waals surface area contributed by atoms with Crippen molar-refractivity contribution >= 4 is 28.8 Å². The van der Waals surface area contributed by atoms with Gasteiger partial charge in [0.2, 0.25) is 0 Å². The molecule has 1 fully saturated rings. The van der Waals surface area contributed by atoms with Crippen molar-refractivity contribution < 1.29 is 9.47 Å². The lowest BCUT2D eigenvalue weighted by Crippen LogP contribution is -2.48. The molecule has 2 rings (SSSR count). The number of H-pyrrole nitrogens is 1. The zero-order valence-corrected chi connectivity index (χ0v) is 16.1. The topological polar surface area (TPSA) is 115 Å². The van der Waals surface area contributed by atoms with Crippen LogP contribution in [0.3, 0.4) is 0 Å². The fourth-order valence-electron chi connectivity index (χ4n) is 2.88. The maximum atomic E-state index is 12.4. The number of methoxy groups -OCH3 is 1. The van der Waals surface area contributed by atoms with Gasteiger partial charge in [-0.25, -0.2) is 4.79 Å². The van der Waals surface area contributed by atoms with Gasteiger partial charge < -0.3 is 25.4 Å². The summed E-state index contributed by atoms with van der Waals surface area (Å²) in [5, 5.41) is 3.48. The van der Waals surface area contributed by atoms with Crippen LogP contribution in [0.2, 0.25) is 0 Å². The summed E-state index contributed by atoms with van der Waals surface area (Å²) in [6.07, 6.45) is 2.80. The van der Waals surface area contributed by atoms with Crippen LogP contribution in [0.25, 0.3) is 0 Å². The van der Waals surface area contributed by atoms with E-state index < -0.39 is 11.2 Å². The Bertz CT molecular complexity index is 726. The predicted octanol–water partition coefficient (Wildman–Crippen LogP) is 0.0351. The number of nitrogens with two attached hydrogens (primary N) is 1. The third kappa shape index (κ3) is 4.83. The van der Waals surface area contributed by atoms with E-state index in [0.29, 0.717) is 37.8 Å². The van der Waals surface area contributed by atoms with Crippen LogP contribution in [-0.2, 0) is 16.0 Å². The lowest BCUT2D eigenvalue weighted by atomic mass is 10.2. The summed E-state index contributed by atoms with van der Waals surface area (Å²) in [7, 11) is 1.56. The molecule has 1 aliphatic heterocycles. The van der Waals surface area contributed by atoms with Gasteiger partial charge in [-0.2, -0.15) is 0 Å². The molecule has 1 saturated heterocycles. The number of thiocarbonyl (C=S) groups is 1. The lowest BCUT2D eigenvalue weighted by molar-refractivity contribution is 0.114. The van der Waals surface area contributed by atoms with Gasteiger partial charge in [0, 0.05) is 33.4 Å². The van der Waals surface area contributed by atoms with Crippen LogP contribution in [0.1, 0.15) is 26.2 Å². The summed E-state index contributed by atoms with van der Waals surface area (Å²) in [5.41, 5.74) is 5.20. The van der Waals surface area contributed by atoms with Gasteiger partial charge in [0.05, 0.1) is 12.7 Å². The number of nitrogens with one attached hydrogen (secondary N) is 2. The first-order chi connectivity index (χ1) is 12.5. The summed E-state index contributed by atoms with van der Waals surface area (Å²) in [6.45, 7) is 4.30. The molecule has 1 aromatic rings. The molecule has 26 heavy (non-hydrogen) atoms. The standard InChI is InChI=1S/C16H27N5O4S/c1-3-6-21-13(17)12(14(22)19-15(21)23)20(7-9-24-2)16(26)18-10-11-5-4-8-25-11/h11H,3-10,17H2,1-2H3,(H,18,26)(H,19,22,23)/t11-/m1/s1. The highest BCUT2D eigenvalue weighted by Crippen LogP contribution is 2.17. The number of aromatic nitrogens is 2. The molecular formula is C16H27N5O4S. The third-order valence-electron chi connectivity index (χ3n) is 4.20. The van der Waals surface area contributed by atoms with E-state index in [1.807, 2.05) is 6.92 Å². The average Bonchev–Trinajstić information content (AvgIpc) is 3.12. The maximum Gasteiger partial charge on any atom is 0.330 e. The van der Waals surface area contributed by atoms with E-state index in [1.54, 1.807) is 12.0 Å². The van der Waals surface area contributed by atoms with Crippen molar-refractivity contribution in [1.29, 1.82) is 0 Å². The number of hydrogen-bond donors (Lipinski definition) is 3. The summed E-state index contributed by atoms with van der Waals surface area (Å²) in [5.74, 6) is 0.0953. The Morgan fingerprint density at radius 1 is 1.54 bits per heavy atom. The van der Waals surface area contributed by atoms with Gasteiger partial charge in [-0.1, -0.05) is 6.92 Å². The van der Waals surface area contributed by atoms with Gasteiger partial charge in [-0.3, -0.25) is 14.3 Å². The van der Waals surface area contributed by atoms with Crippen molar-refractivity contribution in [2.24, 2.45) is 0 Å². The Kier molecular flexibility index (Phi) is 7.61. The summed E-state index contributed by atoms with van der Waals surface area (Å²) in [4.78, 5) is 28.4. The smallest absolute Gasteiger partial charge is 0.330 e. The molecule has 146 valence electrons. The Balaban J connectivity index is 2.30. The highest BCUT2D eigenvalue weighted by Gasteiger charge is 2.23. The Labute approximate surface area is 157 Å². The first-order valence-electron chi connectivity index (χ1n) is 8.78. The Morgan fingerprint density at radius 3 is 2.92 bits per heavy atom. The number of aromatic amines is 1. The van der Waals surface area contributed by atoms with Crippen molar-refractivity contribution in [1.82, 2.24) is 14.9 Å². The van der Waals surface area contributed by atoms with E-state index in [9.17, 15) is 9.59 Å².